The molecule has 12 nitrogen and oxygen atoms in total. The lowest BCUT2D eigenvalue weighted by Crippen LogP contribution is -2.31. The number of anilines is 2. The molecule has 1 aliphatic carbocycles. The molecule has 72 heavy (non-hydrogen) atoms. The standard InChI is InChI=1S/C60H68N4O8/c1-9-68-33-29-63(28-32-67-8)51-22-16-45(43(4)36-51)38-47(40-61)57(65)71-53-24-18-49(19-25-53)60(42-59(6,7)55-14-12-13-15-56(55)60)50-20-26-54(27-21-50)72-58(66)48(41-62)39-46-17-23-52(37-44(46)5)64(30-34-69-10-2)31-35-70-11-3/h12-27,36-39H,9-11,28-35,42H2,1-8H3. The Morgan fingerprint density at radius 1 is 0.583 bits per heavy atom. The van der Waals surface area contributed by atoms with Crippen LogP contribution in [0.3, 0.4) is 0 Å². The largest absolute Gasteiger partial charge is 0.422 e. The lowest BCUT2D eigenvalue weighted by molar-refractivity contribution is -0.130. The number of nitrogens with zero attached hydrogens (tertiary/aromatic N) is 4. The Morgan fingerprint density at radius 3 is 1.36 bits per heavy atom. The van der Waals surface area contributed by atoms with Crippen LogP contribution in [-0.2, 0) is 39.4 Å². The van der Waals surface area contributed by atoms with Gasteiger partial charge in [-0.25, -0.2) is 9.59 Å². The van der Waals surface area contributed by atoms with Crippen molar-refractivity contribution in [3.8, 4) is 23.6 Å². The van der Waals surface area contributed by atoms with E-state index in [0.29, 0.717) is 83.9 Å². The third-order valence-corrected chi connectivity index (χ3v) is 13.2. The van der Waals surface area contributed by atoms with E-state index in [9.17, 15) is 20.1 Å². The maximum absolute atomic E-state index is 13.6. The highest BCUT2D eigenvalue weighted by Gasteiger charge is 2.49. The van der Waals surface area contributed by atoms with Gasteiger partial charge in [-0.1, -0.05) is 74.5 Å². The zero-order chi connectivity index (χ0) is 51.7. The average molecular weight is 973 g/mol. The summed E-state index contributed by atoms with van der Waals surface area (Å²) in [6.07, 6.45) is 3.85. The van der Waals surface area contributed by atoms with Gasteiger partial charge in [0.25, 0.3) is 0 Å². The molecule has 1 atom stereocenters. The smallest absolute Gasteiger partial charge is 0.354 e. The van der Waals surface area contributed by atoms with Crippen LogP contribution in [0.5, 0.6) is 11.5 Å². The number of nitriles is 2. The van der Waals surface area contributed by atoms with Crippen LogP contribution in [0, 0.1) is 36.5 Å². The van der Waals surface area contributed by atoms with E-state index in [-0.39, 0.29) is 16.6 Å². The van der Waals surface area contributed by atoms with E-state index >= 15 is 0 Å². The average Bonchev–Trinajstić information content (AvgIpc) is 3.63. The van der Waals surface area contributed by atoms with Crippen molar-refractivity contribution >= 4 is 35.5 Å². The first kappa shape index (κ1) is 54.3. The molecule has 0 saturated heterocycles. The molecule has 5 aromatic carbocycles. The Kier molecular flexibility index (Phi) is 19.5. The Bertz CT molecular complexity index is 2780. The van der Waals surface area contributed by atoms with Crippen LogP contribution in [0.2, 0.25) is 0 Å². The molecule has 0 fully saturated rings. The normalized spacial score (nSPS) is 15.0. The van der Waals surface area contributed by atoms with Gasteiger partial charge in [0.15, 0.2) is 0 Å². The summed E-state index contributed by atoms with van der Waals surface area (Å²) in [5.74, 6) is -0.917. The van der Waals surface area contributed by atoms with Crippen LogP contribution in [0.15, 0.2) is 120 Å². The molecule has 0 radical (unpaired) electrons. The summed E-state index contributed by atoms with van der Waals surface area (Å²) in [5, 5.41) is 20.3. The zero-order valence-corrected chi connectivity index (χ0v) is 43.1. The van der Waals surface area contributed by atoms with Crippen molar-refractivity contribution in [2.45, 2.75) is 65.7 Å². The number of methoxy groups -OCH3 is 1. The van der Waals surface area contributed by atoms with Gasteiger partial charge in [0.1, 0.15) is 34.8 Å². The van der Waals surface area contributed by atoms with Gasteiger partial charge in [0.05, 0.1) is 26.4 Å². The first-order valence-corrected chi connectivity index (χ1v) is 24.7. The van der Waals surface area contributed by atoms with E-state index in [1.807, 2.05) is 113 Å². The van der Waals surface area contributed by atoms with Crippen LogP contribution in [0.25, 0.3) is 12.2 Å². The molecular weight excluding hydrogens is 905 g/mol. The highest BCUT2D eigenvalue weighted by atomic mass is 16.5. The van der Waals surface area contributed by atoms with Gasteiger partial charge >= 0.3 is 11.9 Å². The second-order valence-electron chi connectivity index (χ2n) is 18.3. The number of carbonyl (C=O) groups excluding carboxylic acids is 2. The van der Waals surface area contributed by atoms with Crippen LogP contribution < -0.4 is 19.3 Å². The summed E-state index contributed by atoms with van der Waals surface area (Å²) in [6.45, 7) is 21.3. The highest BCUT2D eigenvalue weighted by molar-refractivity contribution is 6.00. The minimum absolute atomic E-state index is 0.125. The SMILES string of the molecule is CCOCCN(CCOC)c1ccc(C=C(C#N)C(=O)Oc2ccc(C3(c4ccc(OC(=O)C(C#N)=Cc5ccc(N(CCOCC)CCOCC)cc5C)cc4)CC(C)(C)c4ccccc43)cc2)c(C)c1. The predicted octanol–water partition coefficient (Wildman–Crippen LogP) is 10.7. The number of ether oxygens (including phenoxy) is 6. The molecule has 0 bridgehead atoms. The summed E-state index contributed by atoms with van der Waals surface area (Å²) in [4.78, 5) is 31.5. The van der Waals surface area contributed by atoms with Gasteiger partial charge in [-0.15, -0.1) is 0 Å². The quantitative estimate of drug-likeness (QED) is 0.0180. The molecule has 376 valence electrons. The van der Waals surface area contributed by atoms with Crippen molar-refractivity contribution in [2.75, 3.05) is 89.3 Å². The van der Waals surface area contributed by atoms with Crippen molar-refractivity contribution in [3.05, 3.63) is 165 Å². The Labute approximate surface area is 426 Å². The van der Waals surface area contributed by atoms with Gasteiger partial charge in [-0.2, -0.15) is 10.5 Å². The second kappa shape index (κ2) is 25.9. The van der Waals surface area contributed by atoms with E-state index in [1.54, 1.807) is 43.5 Å². The van der Waals surface area contributed by atoms with Crippen LogP contribution in [-0.4, -0.2) is 91.5 Å². The summed E-state index contributed by atoms with van der Waals surface area (Å²) < 4.78 is 33.8. The van der Waals surface area contributed by atoms with Gasteiger partial charge < -0.3 is 38.2 Å². The van der Waals surface area contributed by atoms with Crippen molar-refractivity contribution < 1.29 is 38.0 Å². The van der Waals surface area contributed by atoms with Gasteiger partial charge in [-0.3, -0.25) is 0 Å². The third-order valence-electron chi connectivity index (χ3n) is 13.2. The molecule has 6 rings (SSSR count). The Balaban J connectivity index is 1.21. The zero-order valence-electron chi connectivity index (χ0n) is 43.1. The number of benzene rings is 5. The Morgan fingerprint density at radius 2 is 0.986 bits per heavy atom. The first-order chi connectivity index (χ1) is 34.8. The second-order valence-corrected chi connectivity index (χ2v) is 18.3. The highest BCUT2D eigenvalue weighted by Crippen LogP contribution is 2.56. The number of rotatable bonds is 25. The fraction of sp³-hybridized carbons (Fsp3) is 0.367. The molecule has 0 amide bonds. The molecule has 5 aromatic rings. The van der Waals surface area contributed by atoms with E-state index < -0.39 is 17.4 Å². The molecule has 0 saturated carbocycles. The molecule has 0 aromatic heterocycles. The number of hydrogen-bond donors (Lipinski definition) is 0. The maximum Gasteiger partial charge on any atom is 0.354 e. The van der Waals surface area contributed by atoms with Gasteiger partial charge in [0, 0.05) is 69.9 Å². The van der Waals surface area contributed by atoms with Crippen LogP contribution in [0.1, 0.15) is 85.5 Å². The Hall–Kier alpha value is -7.06. The summed E-state index contributed by atoms with van der Waals surface area (Å²) in [6, 6.07) is 39.2. The number of carbonyl (C=O) groups is 2. The van der Waals surface area contributed by atoms with Crippen molar-refractivity contribution in [1.29, 1.82) is 10.5 Å². The predicted molar refractivity (Wildman–Crippen MR) is 283 cm³/mol. The van der Waals surface area contributed by atoms with Crippen molar-refractivity contribution in [2.24, 2.45) is 0 Å². The third kappa shape index (κ3) is 13.3. The van der Waals surface area contributed by atoms with E-state index in [1.165, 1.54) is 5.56 Å². The fourth-order valence-corrected chi connectivity index (χ4v) is 9.44. The van der Waals surface area contributed by atoms with E-state index in [2.05, 4.69) is 41.8 Å². The molecule has 0 heterocycles. The maximum atomic E-state index is 13.6. The van der Waals surface area contributed by atoms with Gasteiger partial charge in [0.2, 0.25) is 0 Å². The fourth-order valence-electron chi connectivity index (χ4n) is 9.44. The number of fused-ring (bicyclic) bond motifs is 1. The molecule has 0 spiro atoms. The minimum Gasteiger partial charge on any atom is -0.422 e. The lowest BCUT2D eigenvalue weighted by Gasteiger charge is -2.34. The van der Waals surface area contributed by atoms with Crippen molar-refractivity contribution in [3.63, 3.8) is 0 Å². The number of esters is 2. The number of hydrogen-bond acceptors (Lipinski definition) is 12. The molecule has 12 heteroatoms. The van der Waals surface area contributed by atoms with E-state index in [0.717, 1.165) is 56.7 Å². The van der Waals surface area contributed by atoms with Crippen molar-refractivity contribution in [1.82, 2.24) is 0 Å². The minimum atomic E-state index is -0.758. The number of aryl methyl sites for hydroxylation is 2. The molecule has 1 aliphatic rings. The topological polar surface area (TPSA) is 144 Å². The lowest BCUT2D eigenvalue weighted by atomic mass is 9.68. The van der Waals surface area contributed by atoms with E-state index in [4.69, 9.17) is 28.4 Å². The molecule has 0 aliphatic heterocycles. The summed E-state index contributed by atoms with van der Waals surface area (Å²) in [7, 11) is 1.67. The first-order valence-electron chi connectivity index (χ1n) is 24.7. The molecule has 0 N–H and O–H groups in total. The van der Waals surface area contributed by atoms with Gasteiger partial charge in [-0.05, 0) is 152 Å². The molecular formula is C60H68N4O8. The van der Waals surface area contributed by atoms with Crippen LogP contribution >= 0.6 is 0 Å². The van der Waals surface area contributed by atoms with Crippen LogP contribution in [0.4, 0.5) is 11.4 Å². The molecule has 1 unspecified atom stereocenters. The monoisotopic (exact) mass is 973 g/mol. The summed E-state index contributed by atoms with van der Waals surface area (Å²) in [5.41, 5.74) is 8.46. The summed E-state index contributed by atoms with van der Waals surface area (Å²) >= 11 is 0.